The van der Waals surface area contributed by atoms with Crippen LogP contribution in [0.15, 0.2) is 110 Å². The van der Waals surface area contributed by atoms with E-state index in [0.717, 1.165) is 32.1 Å². The van der Waals surface area contributed by atoms with Crippen molar-refractivity contribution < 1.29 is 19.0 Å². The second-order valence-corrected chi connectivity index (χ2v) is 12.5. The first-order valence-electron chi connectivity index (χ1n) is 14.4. The van der Waals surface area contributed by atoms with Gasteiger partial charge in [-0.2, -0.15) is 0 Å². The Balaban J connectivity index is 1.42. The number of fused-ring (bicyclic) bond motifs is 2. The minimum absolute atomic E-state index is 0.0361. The fraction of sp³-hybridized carbons (Fsp3) is 0.229. The Morgan fingerprint density at radius 2 is 1.89 bits per heavy atom. The normalized spacial score (nSPS) is 18.3. The lowest BCUT2D eigenvalue weighted by molar-refractivity contribution is -0.139. The van der Waals surface area contributed by atoms with Gasteiger partial charge in [0.1, 0.15) is 24.2 Å². The van der Waals surface area contributed by atoms with Crippen molar-refractivity contribution >= 4 is 50.1 Å². The minimum Gasteiger partial charge on any atom is -0.496 e. The van der Waals surface area contributed by atoms with Crippen LogP contribution in [-0.4, -0.2) is 24.3 Å². The molecule has 0 radical (unpaired) electrons. The smallest absolute Gasteiger partial charge is 0.338 e. The van der Waals surface area contributed by atoms with Gasteiger partial charge >= 0.3 is 5.97 Å². The van der Waals surface area contributed by atoms with Gasteiger partial charge in [0.2, 0.25) is 0 Å². The zero-order valence-corrected chi connectivity index (χ0v) is 27.0. The Labute approximate surface area is 267 Å². The minimum atomic E-state index is -0.778. The molecule has 0 bridgehead atoms. The molecule has 0 spiro atoms. The molecule has 3 aromatic carbocycles. The number of benzene rings is 3. The van der Waals surface area contributed by atoms with Crippen LogP contribution >= 0.6 is 27.3 Å². The summed E-state index contributed by atoms with van der Waals surface area (Å²) in [4.78, 5) is 33.0. The molecule has 0 amide bonds. The lowest BCUT2D eigenvalue weighted by Crippen LogP contribution is -2.40. The van der Waals surface area contributed by atoms with Gasteiger partial charge in [0.25, 0.3) is 5.56 Å². The molecule has 1 aliphatic heterocycles. The molecule has 1 aromatic heterocycles. The standard InChI is InChI=1S/C35H31BrN2O5S/c1-4-42-34(40)30-21(2)37-35-38(32(30)31-25-13-9-8-12-24(25)15-17-28(31)41-3)33(39)29(44-35)19-23-14-16-27(26(36)18-23)43-20-22-10-6-5-7-11-22/h5-17,19,23,32H,4,18,20H2,1-3H3/b29-19-/t23-,32+/m0/s1. The third kappa shape index (κ3) is 5.69. The first-order valence-corrected chi connectivity index (χ1v) is 16.0. The maximum Gasteiger partial charge on any atom is 0.338 e. The van der Waals surface area contributed by atoms with Crippen LogP contribution in [0.25, 0.3) is 16.8 Å². The van der Waals surface area contributed by atoms with E-state index in [2.05, 4.69) is 15.9 Å². The summed E-state index contributed by atoms with van der Waals surface area (Å²) in [5.74, 6) is 0.811. The van der Waals surface area contributed by atoms with E-state index in [9.17, 15) is 9.59 Å². The maximum absolute atomic E-state index is 14.2. The number of thiazole rings is 1. The Morgan fingerprint density at radius 3 is 2.64 bits per heavy atom. The quantitative estimate of drug-likeness (QED) is 0.205. The van der Waals surface area contributed by atoms with Gasteiger partial charge in [-0.3, -0.25) is 9.36 Å². The molecule has 0 unspecified atom stereocenters. The van der Waals surface area contributed by atoms with Crippen molar-refractivity contribution in [3.63, 3.8) is 0 Å². The highest BCUT2D eigenvalue weighted by molar-refractivity contribution is 9.11. The van der Waals surface area contributed by atoms with E-state index in [1.54, 1.807) is 25.5 Å². The number of nitrogens with zero attached hydrogens (tertiary/aromatic N) is 2. The van der Waals surface area contributed by atoms with E-state index in [1.165, 1.54) is 11.3 Å². The molecule has 44 heavy (non-hydrogen) atoms. The first-order chi connectivity index (χ1) is 21.4. The van der Waals surface area contributed by atoms with E-state index in [-0.39, 0.29) is 18.1 Å². The van der Waals surface area contributed by atoms with Gasteiger partial charge in [-0.15, -0.1) is 0 Å². The van der Waals surface area contributed by atoms with Gasteiger partial charge in [0.15, 0.2) is 4.80 Å². The van der Waals surface area contributed by atoms with Gasteiger partial charge < -0.3 is 14.2 Å². The topological polar surface area (TPSA) is 79.1 Å². The van der Waals surface area contributed by atoms with Crippen LogP contribution < -0.4 is 19.6 Å². The zero-order valence-electron chi connectivity index (χ0n) is 24.6. The van der Waals surface area contributed by atoms with Crippen LogP contribution in [0.1, 0.15) is 37.4 Å². The Bertz CT molecular complexity index is 2020. The van der Waals surface area contributed by atoms with Crippen molar-refractivity contribution in [2.24, 2.45) is 10.9 Å². The molecule has 224 valence electrons. The number of esters is 1. The molecule has 0 fully saturated rings. The average molecular weight is 672 g/mol. The second-order valence-electron chi connectivity index (χ2n) is 10.5. The number of hydrogen-bond acceptors (Lipinski definition) is 7. The fourth-order valence-electron chi connectivity index (χ4n) is 5.66. The molecule has 6 rings (SSSR count). The highest BCUT2D eigenvalue weighted by atomic mass is 79.9. The molecular formula is C35H31BrN2O5S. The van der Waals surface area contributed by atoms with Gasteiger partial charge in [-0.1, -0.05) is 100 Å². The fourth-order valence-corrected chi connectivity index (χ4v) is 7.38. The van der Waals surface area contributed by atoms with Crippen molar-refractivity contribution in [2.75, 3.05) is 13.7 Å². The highest BCUT2D eigenvalue weighted by Gasteiger charge is 2.36. The summed E-state index contributed by atoms with van der Waals surface area (Å²) in [5.41, 5.74) is 2.43. The summed E-state index contributed by atoms with van der Waals surface area (Å²) in [6.45, 7) is 4.22. The summed E-state index contributed by atoms with van der Waals surface area (Å²) in [7, 11) is 1.59. The number of rotatable bonds is 8. The predicted octanol–water partition coefficient (Wildman–Crippen LogP) is 6.31. The van der Waals surface area contributed by atoms with Crippen LogP contribution in [0.5, 0.6) is 5.75 Å². The van der Waals surface area contributed by atoms with Crippen molar-refractivity contribution in [2.45, 2.75) is 32.9 Å². The lowest BCUT2D eigenvalue weighted by Gasteiger charge is -2.27. The molecule has 2 heterocycles. The molecule has 9 heteroatoms. The highest BCUT2D eigenvalue weighted by Crippen LogP contribution is 2.40. The Kier molecular flexibility index (Phi) is 8.68. The number of aromatic nitrogens is 1. The van der Waals surface area contributed by atoms with Crippen LogP contribution in [0, 0.1) is 5.92 Å². The summed E-state index contributed by atoms with van der Waals surface area (Å²) in [5, 5.41) is 1.85. The molecular weight excluding hydrogens is 640 g/mol. The van der Waals surface area contributed by atoms with Crippen molar-refractivity contribution in [1.29, 1.82) is 0 Å². The number of carbonyl (C=O) groups is 1. The number of halogens is 1. The van der Waals surface area contributed by atoms with Crippen molar-refractivity contribution in [3.8, 4) is 5.75 Å². The van der Waals surface area contributed by atoms with Gasteiger partial charge in [-0.05, 0) is 48.7 Å². The molecule has 1 aliphatic carbocycles. The van der Waals surface area contributed by atoms with Crippen molar-refractivity contribution in [1.82, 2.24) is 4.57 Å². The maximum atomic E-state index is 14.2. The number of ether oxygens (including phenoxy) is 3. The van der Waals surface area contributed by atoms with E-state index in [0.29, 0.717) is 39.4 Å². The molecule has 2 aliphatic rings. The summed E-state index contributed by atoms with van der Waals surface area (Å²) in [6, 6.07) is 21.0. The van der Waals surface area contributed by atoms with Gasteiger partial charge in [-0.25, -0.2) is 9.79 Å². The molecule has 0 saturated heterocycles. The van der Waals surface area contributed by atoms with Gasteiger partial charge in [0, 0.05) is 16.0 Å². The second kappa shape index (κ2) is 12.8. The summed E-state index contributed by atoms with van der Waals surface area (Å²) < 4.78 is 20.5. The van der Waals surface area contributed by atoms with Crippen LogP contribution in [0.3, 0.4) is 0 Å². The van der Waals surface area contributed by atoms with Crippen LogP contribution in [0.4, 0.5) is 0 Å². The number of hydrogen-bond donors (Lipinski definition) is 0. The third-order valence-corrected chi connectivity index (χ3v) is 9.44. The SMILES string of the molecule is CCOC(=O)C1=C(C)N=c2s/c(=C\[C@H]3C=CC(OCc4ccccc4)=C(Br)C3)c(=O)n2[C@H]1c1c(OC)ccc2ccccc12. The van der Waals surface area contributed by atoms with E-state index in [4.69, 9.17) is 19.2 Å². The van der Waals surface area contributed by atoms with E-state index >= 15 is 0 Å². The predicted molar refractivity (Wildman–Crippen MR) is 176 cm³/mol. The molecule has 0 N–H and O–H groups in total. The Hall–Kier alpha value is -4.21. The van der Waals surface area contributed by atoms with Crippen molar-refractivity contribution in [3.05, 3.63) is 131 Å². The molecule has 4 aromatic rings. The summed E-state index contributed by atoms with van der Waals surface area (Å²) >= 11 is 5.01. The molecule has 0 saturated carbocycles. The number of allylic oxidation sites excluding steroid dienone is 4. The lowest BCUT2D eigenvalue weighted by atomic mass is 9.90. The zero-order chi connectivity index (χ0) is 30.8. The van der Waals surface area contributed by atoms with Gasteiger partial charge in [0.05, 0.1) is 29.5 Å². The van der Waals surface area contributed by atoms with Crippen LogP contribution in [0.2, 0.25) is 0 Å². The van der Waals surface area contributed by atoms with E-state index in [1.807, 2.05) is 85.0 Å². The average Bonchev–Trinajstić information content (AvgIpc) is 3.33. The number of methoxy groups -OCH3 is 1. The van der Waals surface area contributed by atoms with E-state index < -0.39 is 12.0 Å². The Morgan fingerprint density at radius 1 is 1.11 bits per heavy atom. The third-order valence-electron chi connectivity index (χ3n) is 7.72. The monoisotopic (exact) mass is 670 g/mol. The summed E-state index contributed by atoms with van der Waals surface area (Å²) in [6.07, 6.45) is 6.61. The van der Waals surface area contributed by atoms with Crippen LogP contribution in [-0.2, 0) is 20.9 Å². The largest absolute Gasteiger partial charge is 0.496 e. The molecule has 7 nitrogen and oxygen atoms in total. The number of carbonyl (C=O) groups excluding carboxylic acids is 1. The first kappa shape index (κ1) is 29.8. The molecule has 2 atom stereocenters.